The fourth-order valence-electron chi connectivity index (χ4n) is 4.91. The first-order chi connectivity index (χ1) is 17.4. The highest BCUT2D eigenvalue weighted by Crippen LogP contribution is 2.30. The van der Waals surface area contributed by atoms with Crippen molar-refractivity contribution in [2.24, 2.45) is 7.05 Å². The Morgan fingerprint density at radius 1 is 1.00 bits per heavy atom. The summed E-state index contributed by atoms with van der Waals surface area (Å²) in [7, 11) is 1.94. The predicted molar refractivity (Wildman–Crippen MR) is 148 cm³/mol. The molecule has 1 fully saturated rings. The molecule has 5 rings (SSSR count). The molecule has 8 nitrogen and oxygen atoms in total. The summed E-state index contributed by atoms with van der Waals surface area (Å²) >= 11 is 0. The molecule has 0 spiro atoms. The van der Waals surface area contributed by atoms with Crippen LogP contribution in [0.5, 0.6) is 0 Å². The second-order valence-electron chi connectivity index (χ2n) is 9.67. The monoisotopic (exact) mass is 524 g/mol. The molecule has 0 radical (unpaired) electrons. The number of aryl methyl sites for hydroxylation is 1. The van der Waals surface area contributed by atoms with Crippen LogP contribution in [0.15, 0.2) is 42.7 Å². The summed E-state index contributed by atoms with van der Waals surface area (Å²) in [4.78, 5) is 18.1. The van der Waals surface area contributed by atoms with Gasteiger partial charge in [-0.25, -0.2) is 19.3 Å². The Morgan fingerprint density at radius 3 is 2.43 bits per heavy atom. The van der Waals surface area contributed by atoms with E-state index < -0.39 is 5.82 Å². The summed E-state index contributed by atoms with van der Waals surface area (Å²) in [6.45, 7) is 12.8. The van der Waals surface area contributed by atoms with Crippen molar-refractivity contribution in [2.75, 3.05) is 38.0 Å². The van der Waals surface area contributed by atoms with E-state index in [1.807, 2.05) is 42.2 Å². The van der Waals surface area contributed by atoms with Gasteiger partial charge in [0.25, 0.3) is 0 Å². The summed E-state index contributed by atoms with van der Waals surface area (Å²) in [5.74, 6) is 0.744. The van der Waals surface area contributed by atoms with Crippen molar-refractivity contribution in [3.8, 4) is 11.3 Å². The fraction of sp³-hybridized carbons (Fsp3) is 0.407. The highest BCUT2D eigenvalue weighted by atomic mass is 35.5. The number of halogens is 2. The maximum atomic E-state index is 14.8. The van der Waals surface area contributed by atoms with Gasteiger partial charge in [0.05, 0.1) is 11.7 Å². The van der Waals surface area contributed by atoms with Crippen LogP contribution in [-0.2, 0) is 13.6 Å². The van der Waals surface area contributed by atoms with Crippen molar-refractivity contribution >= 4 is 35.1 Å². The molecule has 37 heavy (non-hydrogen) atoms. The molecular weight excluding hydrogens is 491 g/mol. The van der Waals surface area contributed by atoms with E-state index in [0.717, 1.165) is 61.4 Å². The first kappa shape index (κ1) is 26.9. The molecule has 0 unspecified atom stereocenters. The van der Waals surface area contributed by atoms with Crippen LogP contribution in [0.4, 0.5) is 16.2 Å². The van der Waals surface area contributed by atoms with Crippen LogP contribution in [0.3, 0.4) is 0 Å². The summed E-state index contributed by atoms with van der Waals surface area (Å²) in [6, 6.07) is 9.70. The first-order valence-corrected chi connectivity index (χ1v) is 12.6. The van der Waals surface area contributed by atoms with Crippen LogP contribution in [0, 0.1) is 5.82 Å². The number of nitrogens with zero attached hydrogens (tertiary/aromatic N) is 7. The maximum absolute atomic E-state index is 14.8. The average molecular weight is 525 g/mol. The van der Waals surface area contributed by atoms with Gasteiger partial charge in [0.1, 0.15) is 11.5 Å². The summed E-state index contributed by atoms with van der Waals surface area (Å²) in [5.41, 5.74) is 4.09. The van der Waals surface area contributed by atoms with Crippen LogP contribution in [0.2, 0.25) is 0 Å². The van der Waals surface area contributed by atoms with Gasteiger partial charge in [-0.3, -0.25) is 9.58 Å². The molecule has 0 atom stereocenters. The summed E-state index contributed by atoms with van der Waals surface area (Å²) < 4.78 is 16.7. The largest absolute Gasteiger partial charge is 0.309 e. The molecule has 10 heteroatoms. The van der Waals surface area contributed by atoms with Crippen molar-refractivity contribution in [2.45, 2.75) is 33.2 Å². The Morgan fingerprint density at radius 2 is 1.76 bits per heavy atom. The van der Waals surface area contributed by atoms with Gasteiger partial charge in [-0.2, -0.15) is 5.10 Å². The zero-order chi connectivity index (χ0) is 25.2. The Labute approximate surface area is 223 Å². The number of likely N-dealkylation sites (N-methyl/N-ethyl adjacent to an activating group) is 1. The molecular formula is C27H34ClFN8. The SMILES string of the molecule is CCN1CCN(Cc2ccc(Nc3ncc(F)c(-c4ccc5nn(C)c(C(C)C)c5c4)n3)nc2)CC1.Cl. The van der Waals surface area contributed by atoms with Gasteiger partial charge in [0.2, 0.25) is 5.95 Å². The number of rotatable bonds is 7. The highest BCUT2D eigenvalue weighted by molar-refractivity contribution is 5.87. The van der Waals surface area contributed by atoms with Crippen LogP contribution in [-0.4, -0.2) is 67.3 Å². The van der Waals surface area contributed by atoms with E-state index in [4.69, 9.17) is 0 Å². The number of benzene rings is 1. The number of pyridine rings is 1. The van der Waals surface area contributed by atoms with E-state index in [0.29, 0.717) is 17.3 Å². The molecule has 0 bridgehead atoms. The molecule has 1 aromatic carbocycles. The third-order valence-electron chi connectivity index (χ3n) is 6.83. The van der Waals surface area contributed by atoms with Crippen molar-refractivity contribution in [1.82, 2.24) is 34.5 Å². The van der Waals surface area contributed by atoms with E-state index in [-0.39, 0.29) is 24.0 Å². The lowest BCUT2D eigenvalue weighted by Crippen LogP contribution is -2.45. The van der Waals surface area contributed by atoms with Crippen LogP contribution in [0.1, 0.15) is 37.9 Å². The zero-order valence-electron chi connectivity index (χ0n) is 21.8. The van der Waals surface area contributed by atoms with E-state index in [1.165, 1.54) is 6.20 Å². The highest BCUT2D eigenvalue weighted by Gasteiger charge is 2.17. The van der Waals surface area contributed by atoms with Crippen molar-refractivity contribution in [1.29, 1.82) is 0 Å². The standard InChI is InChI=1S/C27H33FN8.ClH/c1-5-35-10-12-36(13-11-35)17-19-6-9-24(29-15-19)31-27-30-16-22(28)25(32-27)20-7-8-23-21(14-20)26(18(2)3)34(4)33-23;/h6-9,14-16,18H,5,10-13,17H2,1-4H3,(H,29,30,31,32);1H. The molecule has 1 aliphatic rings. The second kappa shape index (κ2) is 11.5. The number of hydrogen-bond acceptors (Lipinski definition) is 7. The second-order valence-corrected chi connectivity index (χ2v) is 9.67. The Hall–Kier alpha value is -3.14. The third kappa shape index (κ3) is 5.89. The van der Waals surface area contributed by atoms with Gasteiger partial charge in [-0.05, 0) is 36.2 Å². The Balaban J connectivity index is 0.00000320. The van der Waals surface area contributed by atoms with Gasteiger partial charge in [-0.15, -0.1) is 12.4 Å². The number of piperazine rings is 1. The maximum Gasteiger partial charge on any atom is 0.229 e. The van der Waals surface area contributed by atoms with E-state index in [1.54, 1.807) is 0 Å². The lowest BCUT2D eigenvalue weighted by atomic mass is 10.0. The number of aromatic nitrogens is 5. The van der Waals surface area contributed by atoms with Crippen LogP contribution in [0.25, 0.3) is 22.2 Å². The Kier molecular flexibility index (Phi) is 8.36. The van der Waals surface area contributed by atoms with Gasteiger partial charge in [0.15, 0.2) is 5.82 Å². The summed E-state index contributed by atoms with van der Waals surface area (Å²) in [6.07, 6.45) is 3.08. The van der Waals surface area contributed by atoms with Crippen LogP contribution < -0.4 is 5.32 Å². The predicted octanol–water partition coefficient (Wildman–Crippen LogP) is 4.99. The third-order valence-corrected chi connectivity index (χ3v) is 6.83. The molecule has 1 N–H and O–H groups in total. The van der Waals surface area contributed by atoms with Crippen molar-refractivity contribution < 1.29 is 4.39 Å². The molecule has 0 amide bonds. The zero-order valence-corrected chi connectivity index (χ0v) is 22.6. The molecule has 0 aliphatic carbocycles. The normalized spacial score (nSPS) is 14.8. The number of hydrogen-bond donors (Lipinski definition) is 1. The van der Waals surface area contributed by atoms with Gasteiger partial charge < -0.3 is 10.2 Å². The average Bonchev–Trinajstić information content (AvgIpc) is 3.22. The minimum absolute atomic E-state index is 0. The van der Waals surface area contributed by atoms with E-state index in [9.17, 15) is 4.39 Å². The number of fused-ring (bicyclic) bond motifs is 1. The number of anilines is 2. The molecule has 3 aromatic heterocycles. The molecule has 4 heterocycles. The molecule has 4 aromatic rings. The molecule has 1 saturated heterocycles. The van der Waals surface area contributed by atoms with Crippen molar-refractivity contribution in [3.05, 3.63) is 59.8 Å². The topological polar surface area (TPSA) is 75.0 Å². The first-order valence-electron chi connectivity index (χ1n) is 12.6. The smallest absolute Gasteiger partial charge is 0.229 e. The number of nitrogens with one attached hydrogen (secondary N) is 1. The lowest BCUT2D eigenvalue weighted by molar-refractivity contribution is 0.132. The molecule has 0 saturated carbocycles. The van der Waals surface area contributed by atoms with Gasteiger partial charge in [0, 0.05) is 62.6 Å². The molecule has 196 valence electrons. The van der Waals surface area contributed by atoms with Gasteiger partial charge >= 0.3 is 0 Å². The van der Waals surface area contributed by atoms with Crippen molar-refractivity contribution in [3.63, 3.8) is 0 Å². The van der Waals surface area contributed by atoms with E-state index in [2.05, 4.69) is 62.0 Å². The van der Waals surface area contributed by atoms with E-state index >= 15 is 0 Å². The quantitative estimate of drug-likeness (QED) is 0.365. The minimum Gasteiger partial charge on any atom is -0.309 e. The van der Waals surface area contributed by atoms with Crippen LogP contribution >= 0.6 is 12.4 Å². The Bertz CT molecular complexity index is 1350. The fourth-order valence-corrected chi connectivity index (χ4v) is 4.91. The lowest BCUT2D eigenvalue weighted by Gasteiger charge is -2.33. The van der Waals surface area contributed by atoms with Gasteiger partial charge in [-0.1, -0.05) is 32.9 Å². The summed E-state index contributed by atoms with van der Waals surface area (Å²) in [5, 5.41) is 8.71. The minimum atomic E-state index is -0.471. The molecule has 1 aliphatic heterocycles.